The van der Waals surface area contributed by atoms with Gasteiger partial charge >= 0.3 is 0 Å². The number of hydrogen-bond acceptors (Lipinski definition) is 8. The number of carbonyl (C=O) groups excluding carboxylic acids is 1. The van der Waals surface area contributed by atoms with Crippen LogP contribution in [-0.4, -0.2) is 22.4 Å². The van der Waals surface area contributed by atoms with E-state index in [1.807, 2.05) is 99.6 Å². The second-order valence-electron chi connectivity index (χ2n) is 9.25. The van der Waals surface area contributed by atoms with Gasteiger partial charge in [-0.25, -0.2) is 20.9 Å². The Bertz CT molecular complexity index is 1620. The highest BCUT2D eigenvalue weighted by Gasteiger charge is 2.11. The van der Waals surface area contributed by atoms with Crippen LogP contribution in [0.2, 0.25) is 0 Å². The first-order chi connectivity index (χ1) is 20.6. The summed E-state index contributed by atoms with van der Waals surface area (Å²) in [6, 6.07) is 30.9. The highest BCUT2D eigenvalue weighted by molar-refractivity contribution is 5.94. The predicted octanol–water partition coefficient (Wildman–Crippen LogP) is 7.69. The topological polar surface area (TPSA) is 112 Å². The van der Waals surface area contributed by atoms with E-state index in [0.29, 0.717) is 23.0 Å². The Balaban J connectivity index is 0.00000198. The molecule has 1 aromatic heterocycles. The highest BCUT2D eigenvalue weighted by atomic mass is 16.8. The van der Waals surface area contributed by atoms with E-state index in [9.17, 15) is 4.79 Å². The molecular formula is C33H37N7O2. The van der Waals surface area contributed by atoms with E-state index in [1.165, 1.54) is 5.56 Å². The molecule has 0 aliphatic heterocycles. The molecule has 0 saturated heterocycles. The van der Waals surface area contributed by atoms with Gasteiger partial charge in [0.15, 0.2) is 11.6 Å². The molecule has 216 valence electrons. The van der Waals surface area contributed by atoms with Crippen LogP contribution in [0.25, 0.3) is 11.0 Å². The van der Waals surface area contributed by atoms with Crippen molar-refractivity contribution in [3.8, 4) is 0 Å². The van der Waals surface area contributed by atoms with Crippen molar-refractivity contribution in [3.63, 3.8) is 0 Å². The van der Waals surface area contributed by atoms with Gasteiger partial charge in [0.1, 0.15) is 0 Å². The second kappa shape index (κ2) is 15.0. The molecule has 5 aromatic rings. The number of carbonyl (C=O) groups is 1. The quantitative estimate of drug-likeness (QED) is 0.104. The molecule has 0 spiro atoms. The van der Waals surface area contributed by atoms with Crippen molar-refractivity contribution < 1.29 is 9.73 Å². The summed E-state index contributed by atoms with van der Waals surface area (Å²) in [6.45, 7) is 8.27. The molecule has 5 rings (SSSR count). The normalized spacial score (nSPS) is 10.3. The molecule has 0 saturated carbocycles. The van der Waals surface area contributed by atoms with Crippen LogP contribution in [0.3, 0.4) is 0 Å². The van der Waals surface area contributed by atoms with E-state index in [4.69, 9.17) is 9.92 Å². The molecule has 1 amide bonds. The number of fused-ring (bicyclic) bond motifs is 1. The van der Waals surface area contributed by atoms with E-state index < -0.39 is 0 Å². The summed E-state index contributed by atoms with van der Waals surface area (Å²) < 4.78 is 0. The first-order valence-electron chi connectivity index (χ1n) is 14.1. The van der Waals surface area contributed by atoms with Crippen molar-refractivity contribution >= 4 is 51.3 Å². The van der Waals surface area contributed by atoms with Crippen LogP contribution in [0.15, 0.2) is 97.1 Å². The van der Waals surface area contributed by atoms with Crippen LogP contribution in [-0.2, 0) is 16.2 Å². The second-order valence-corrected chi connectivity index (χ2v) is 9.25. The van der Waals surface area contributed by atoms with Gasteiger partial charge in [0.05, 0.1) is 23.3 Å². The molecule has 1 heterocycles. The molecule has 0 atom stereocenters. The minimum atomic E-state index is -0.160. The molecule has 9 nitrogen and oxygen atoms in total. The first kappa shape index (κ1) is 29.8. The van der Waals surface area contributed by atoms with E-state index in [1.54, 1.807) is 6.07 Å². The van der Waals surface area contributed by atoms with Crippen LogP contribution in [0, 0.1) is 6.92 Å². The monoisotopic (exact) mass is 563 g/mol. The average Bonchev–Trinajstić information content (AvgIpc) is 3.01. The van der Waals surface area contributed by atoms with Crippen LogP contribution >= 0.6 is 0 Å². The molecular weight excluding hydrogens is 526 g/mol. The lowest BCUT2D eigenvalue weighted by Gasteiger charge is -2.14. The summed E-state index contributed by atoms with van der Waals surface area (Å²) >= 11 is 0. The van der Waals surface area contributed by atoms with Gasteiger partial charge in [-0.1, -0.05) is 63.2 Å². The van der Waals surface area contributed by atoms with Gasteiger partial charge in [-0.05, 0) is 79.1 Å². The van der Waals surface area contributed by atoms with Crippen LogP contribution in [0.4, 0.5) is 34.4 Å². The maximum absolute atomic E-state index is 12.5. The zero-order valence-electron chi connectivity index (χ0n) is 24.4. The standard InChI is InChI=1S/C31H31N7O2.C2H6/c1-3-22-10-7-12-24(18-22)34-30-31(36-28-16-5-4-15-27(28)35-30)38-40-37-26-14-8-13-25(19-26)33-29(39)20-32-23-11-6-9-21(2)17-23;1-2/h4-19,32,37H,3,20H2,1-2H3,(H,33,39)(H,34,35)(H,36,38);1-2H3. The molecule has 5 N–H and O–H groups in total. The minimum absolute atomic E-state index is 0.150. The Hall–Kier alpha value is -5.15. The number of rotatable bonds is 11. The van der Waals surface area contributed by atoms with Crippen molar-refractivity contribution in [3.05, 3.63) is 108 Å². The summed E-state index contributed by atoms with van der Waals surface area (Å²) in [5.41, 5.74) is 12.6. The first-order valence-corrected chi connectivity index (χ1v) is 14.1. The van der Waals surface area contributed by atoms with Gasteiger partial charge < -0.3 is 16.0 Å². The molecule has 42 heavy (non-hydrogen) atoms. The van der Waals surface area contributed by atoms with Crippen LogP contribution in [0.5, 0.6) is 0 Å². The summed E-state index contributed by atoms with van der Waals surface area (Å²) in [7, 11) is 0. The Kier molecular flexibility index (Phi) is 10.7. The number of hydrogen-bond donors (Lipinski definition) is 5. The van der Waals surface area contributed by atoms with Gasteiger partial charge in [0, 0.05) is 17.1 Å². The van der Waals surface area contributed by atoms with E-state index >= 15 is 0 Å². The fourth-order valence-electron chi connectivity index (χ4n) is 4.10. The van der Waals surface area contributed by atoms with Gasteiger partial charge in [-0.15, -0.1) is 0 Å². The molecule has 0 aliphatic carbocycles. The number of nitrogens with zero attached hydrogens (tertiary/aromatic N) is 2. The van der Waals surface area contributed by atoms with Crippen molar-refractivity contribution in [2.75, 3.05) is 33.5 Å². The Labute approximate surface area is 246 Å². The minimum Gasteiger partial charge on any atom is -0.376 e. The predicted molar refractivity (Wildman–Crippen MR) is 173 cm³/mol. The zero-order valence-corrected chi connectivity index (χ0v) is 24.4. The molecule has 0 unspecified atom stereocenters. The van der Waals surface area contributed by atoms with E-state index in [-0.39, 0.29) is 12.5 Å². The lowest BCUT2D eigenvalue weighted by atomic mass is 10.1. The smallest absolute Gasteiger partial charge is 0.243 e. The number of benzene rings is 4. The van der Waals surface area contributed by atoms with Gasteiger partial charge in [0.2, 0.25) is 5.91 Å². The van der Waals surface area contributed by atoms with E-state index in [0.717, 1.165) is 34.4 Å². The summed E-state index contributed by atoms with van der Waals surface area (Å²) in [6.07, 6.45) is 0.930. The van der Waals surface area contributed by atoms with Crippen molar-refractivity contribution in [1.29, 1.82) is 0 Å². The maximum Gasteiger partial charge on any atom is 0.243 e. The lowest BCUT2D eigenvalue weighted by molar-refractivity contribution is -0.114. The third-order valence-corrected chi connectivity index (χ3v) is 6.10. The molecule has 4 aromatic carbocycles. The van der Waals surface area contributed by atoms with E-state index in [2.05, 4.69) is 51.0 Å². The van der Waals surface area contributed by atoms with Crippen LogP contribution < -0.4 is 26.9 Å². The van der Waals surface area contributed by atoms with Crippen molar-refractivity contribution in [2.24, 2.45) is 0 Å². The van der Waals surface area contributed by atoms with Gasteiger partial charge in [-0.3, -0.25) is 4.79 Å². The summed E-state index contributed by atoms with van der Waals surface area (Å²) in [5, 5.41) is 9.37. The third-order valence-electron chi connectivity index (χ3n) is 6.10. The number of nitrogens with one attached hydrogen (secondary N) is 5. The summed E-state index contributed by atoms with van der Waals surface area (Å²) in [4.78, 5) is 27.5. The number of aromatic nitrogens is 2. The molecule has 0 fully saturated rings. The molecule has 9 heteroatoms. The number of amides is 1. The summed E-state index contributed by atoms with van der Waals surface area (Å²) in [5.74, 6) is 0.780. The van der Waals surface area contributed by atoms with Gasteiger partial charge in [-0.2, -0.15) is 4.94 Å². The van der Waals surface area contributed by atoms with Crippen molar-refractivity contribution in [1.82, 2.24) is 9.97 Å². The fourth-order valence-corrected chi connectivity index (χ4v) is 4.10. The number of anilines is 6. The fraction of sp³-hybridized carbons (Fsp3) is 0.182. The van der Waals surface area contributed by atoms with Gasteiger partial charge in [0.25, 0.3) is 0 Å². The average molecular weight is 564 g/mol. The largest absolute Gasteiger partial charge is 0.376 e. The lowest BCUT2D eigenvalue weighted by Crippen LogP contribution is -2.21. The molecule has 0 radical (unpaired) electrons. The highest BCUT2D eigenvalue weighted by Crippen LogP contribution is 2.26. The molecule has 0 aliphatic rings. The number of aryl methyl sites for hydroxylation is 2. The Morgan fingerprint density at radius 3 is 2.14 bits per heavy atom. The maximum atomic E-state index is 12.5. The number of para-hydroxylation sites is 2. The molecule has 0 bridgehead atoms. The van der Waals surface area contributed by atoms with Crippen LogP contribution in [0.1, 0.15) is 31.9 Å². The Morgan fingerprint density at radius 2 is 1.38 bits per heavy atom. The Morgan fingerprint density at radius 1 is 0.714 bits per heavy atom. The SMILES string of the molecule is CC.CCc1cccc(Nc2nc3ccccc3nc2NONc2cccc(NC(=O)CNc3cccc(C)c3)c2)c1. The third kappa shape index (κ3) is 8.42. The zero-order chi connectivity index (χ0) is 29.7. The van der Waals surface area contributed by atoms with Crippen molar-refractivity contribution in [2.45, 2.75) is 34.1 Å².